The van der Waals surface area contributed by atoms with Crippen LogP contribution in [0, 0.1) is 0 Å². The Morgan fingerprint density at radius 2 is 0.714 bits per heavy atom. The molecule has 5 heteroatoms. The number of hydrogen-bond donors (Lipinski definition) is 0. The van der Waals surface area contributed by atoms with Crippen LogP contribution in [0.25, 0.3) is 179 Å². The van der Waals surface area contributed by atoms with Crippen molar-refractivity contribution in [3.8, 4) is 50.2 Å². The summed E-state index contributed by atoms with van der Waals surface area (Å²) in [5, 5.41) is 24.4. The molecule has 3 nitrogen and oxygen atoms in total. The van der Waals surface area contributed by atoms with Crippen molar-refractivity contribution in [3.05, 3.63) is 338 Å². The second-order valence-corrected chi connectivity index (χ2v) is 39.1. The van der Waals surface area contributed by atoms with Gasteiger partial charge in [0.25, 0.3) is 6.71 Å². The molecule has 0 aliphatic carbocycles. The van der Waals surface area contributed by atoms with E-state index >= 15 is 0 Å². The molecule has 20 aromatic carbocycles. The maximum absolute atomic E-state index is 12.4. The standard InChI is InChI=1S/C114H88BN3S/c1-111(2,3)76-47-54-86-98(63-76)119-110-109(86)118(108-89(66-26-17-14-18-27-66)58-78(113(7,8)9)60-92(108)82-50-43-74-39-37-68-29-22-32-71-45-52-85(82)103(74)100(68)71)97-62-79(114(10,11)12)61-96-105(97)115(110)93-55-48-80(116-94-35-20-19-34-83(94)90-56-75-41-40-69-30-23-33-72-46-53-87(106(90)116)104(75)101(69)72)64-95(93)117(96)107-88(65-24-15-13-16-25-65)57-77(112(4,5)6)59-91(107)81-49-42-73-38-36-67-28-21-31-70-44-51-84(81)102(73)99(67)70/h13-64H,1-12H3/i48D,55D,64D. The first kappa shape index (κ1) is 67.0. The molecular formula is C114H88BN3S. The molecule has 2 aliphatic heterocycles. The third-order valence-corrected chi connectivity index (χ3v) is 28.0. The molecule has 119 heavy (non-hydrogen) atoms. The first-order valence-electron chi connectivity index (χ1n) is 43.7. The molecule has 0 amide bonds. The minimum atomic E-state index is -0.688. The van der Waals surface area contributed by atoms with Gasteiger partial charge >= 0.3 is 0 Å². The van der Waals surface area contributed by atoms with Crippen molar-refractivity contribution >= 4 is 197 Å². The molecule has 22 aromatic rings. The number of aromatic nitrogens is 1. The first-order chi connectivity index (χ1) is 58.8. The molecule has 0 spiro atoms. The quantitative estimate of drug-likeness (QED) is 0.116. The molecule has 4 heterocycles. The Morgan fingerprint density at radius 1 is 0.294 bits per heavy atom. The van der Waals surface area contributed by atoms with Crippen LogP contribution in [0.4, 0.5) is 34.1 Å². The molecule has 0 fully saturated rings. The Bertz CT molecular complexity index is 8240. The van der Waals surface area contributed by atoms with Gasteiger partial charge in [0, 0.05) is 76.0 Å². The molecule has 2 aliphatic rings. The summed E-state index contributed by atoms with van der Waals surface area (Å²) < 4.78 is 40.3. The lowest BCUT2D eigenvalue weighted by molar-refractivity contribution is 0.590. The summed E-state index contributed by atoms with van der Waals surface area (Å²) in [7, 11) is 0. The summed E-state index contributed by atoms with van der Waals surface area (Å²) in [4.78, 5) is 5.22. The number of rotatable bonds is 7. The lowest BCUT2D eigenvalue weighted by atomic mass is 9.36. The van der Waals surface area contributed by atoms with Crippen LogP contribution in [0.2, 0.25) is 0 Å². The van der Waals surface area contributed by atoms with Crippen molar-refractivity contribution in [2.45, 2.75) is 105 Å². The average Bonchev–Trinajstić information content (AvgIpc) is 1.19. The van der Waals surface area contributed by atoms with Gasteiger partial charge in [-0.15, -0.1) is 11.3 Å². The molecule has 568 valence electrons. The van der Waals surface area contributed by atoms with Crippen LogP contribution in [0.1, 0.15) is 109 Å². The van der Waals surface area contributed by atoms with Gasteiger partial charge < -0.3 is 14.4 Å². The zero-order chi connectivity index (χ0) is 83.0. The van der Waals surface area contributed by atoms with Crippen molar-refractivity contribution < 1.29 is 4.11 Å². The Morgan fingerprint density at radius 3 is 1.24 bits per heavy atom. The zero-order valence-electron chi connectivity index (χ0n) is 72.1. The Hall–Kier alpha value is -13.1. The third kappa shape index (κ3) is 10.2. The fraction of sp³-hybridized carbons (Fsp3) is 0.140. The molecule has 0 bridgehead atoms. The number of anilines is 6. The second kappa shape index (κ2) is 24.8. The molecule has 0 saturated carbocycles. The number of thiophene rings is 1. The van der Waals surface area contributed by atoms with E-state index in [1.807, 2.05) is 11.3 Å². The lowest BCUT2D eigenvalue weighted by Gasteiger charge is -2.46. The van der Waals surface area contributed by atoms with Crippen molar-refractivity contribution in [1.82, 2.24) is 4.57 Å². The maximum atomic E-state index is 12.4. The molecule has 0 atom stereocenters. The van der Waals surface area contributed by atoms with Gasteiger partial charge in [-0.3, -0.25) is 0 Å². The van der Waals surface area contributed by atoms with Gasteiger partial charge in [0.05, 0.1) is 32.2 Å². The summed E-state index contributed by atoms with van der Waals surface area (Å²) in [6.07, 6.45) is 0. The van der Waals surface area contributed by atoms with Gasteiger partial charge in [-0.2, -0.15) is 0 Å². The smallest absolute Gasteiger partial charge is 0.264 e. The van der Waals surface area contributed by atoms with Crippen LogP contribution in [0.15, 0.2) is 315 Å². The molecule has 0 saturated heterocycles. The van der Waals surface area contributed by atoms with Gasteiger partial charge in [0.2, 0.25) is 0 Å². The first-order valence-corrected chi connectivity index (χ1v) is 43.0. The molecule has 24 rings (SSSR count). The SMILES string of the molecule is [2H]c1c([2H])c(-n2c3ccccc3c3cc4ccc5cccc6ccc(c4c56)c32)c([2H])c2c1B1c3sc4cc(C(C)(C)C)ccc4c3N(c3c(-c4ccccc4)cc(C(C)(C)C)cc3-c3ccc4ccc5cccc6ccc3c4c56)c3cc(C(C)(C)C)cc(c31)N2c1c(-c2ccccc2)cc(C(C)(C)C)cc1-c1ccc2ccc3cccc4ccc1c2c34. The lowest BCUT2D eigenvalue weighted by Crippen LogP contribution is -2.60. The Kier molecular flexibility index (Phi) is 14.0. The predicted octanol–water partition coefficient (Wildman–Crippen LogP) is 30.6. The van der Waals surface area contributed by atoms with Gasteiger partial charge in [-0.25, -0.2) is 0 Å². The van der Waals surface area contributed by atoms with Gasteiger partial charge in [-0.05, 0) is 235 Å². The monoisotopic (exact) mass is 1540 g/mol. The van der Waals surface area contributed by atoms with E-state index in [9.17, 15) is 4.11 Å². The fourth-order valence-corrected chi connectivity index (χ4v) is 22.2. The van der Waals surface area contributed by atoms with E-state index in [-0.39, 0.29) is 34.4 Å². The fourth-order valence-electron chi connectivity index (χ4n) is 20.9. The van der Waals surface area contributed by atoms with Crippen molar-refractivity contribution in [2.24, 2.45) is 0 Å². The summed E-state index contributed by atoms with van der Waals surface area (Å²) in [5.41, 5.74) is 21.1. The number of hydrogen-bond acceptors (Lipinski definition) is 3. The van der Waals surface area contributed by atoms with Crippen molar-refractivity contribution in [3.63, 3.8) is 0 Å². The number of nitrogens with zero attached hydrogens (tertiary/aromatic N) is 3. The van der Waals surface area contributed by atoms with Gasteiger partial charge in [-0.1, -0.05) is 332 Å². The van der Waals surface area contributed by atoms with E-state index in [2.05, 4.69) is 395 Å². The van der Waals surface area contributed by atoms with Crippen LogP contribution >= 0.6 is 11.3 Å². The van der Waals surface area contributed by atoms with Crippen LogP contribution in [-0.2, 0) is 21.7 Å². The maximum Gasteiger partial charge on any atom is 0.264 e. The number of benzene rings is 20. The largest absolute Gasteiger partial charge is 0.310 e. The van der Waals surface area contributed by atoms with Crippen molar-refractivity contribution in [2.75, 3.05) is 9.80 Å². The van der Waals surface area contributed by atoms with E-state index < -0.39 is 12.1 Å². The predicted molar refractivity (Wildman–Crippen MR) is 518 cm³/mol. The number of para-hydroxylation sites is 1. The zero-order valence-corrected chi connectivity index (χ0v) is 69.9. The highest BCUT2D eigenvalue weighted by atomic mass is 32.1. The van der Waals surface area contributed by atoms with E-state index in [0.29, 0.717) is 16.8 Å². The minimum Gasteiger partial charge on any atom is -0.310 e. The van der Waals surface area contributed by atoms with Crippen LogP contribution in [-0.4, -0.2) is 11.3 Å². The van der Waals surface area contributed by atoms with Crippen LogP contribution < -0.4 is 25.5 Å². The Balaban J connectivity index is 0.917. The average molecular weight is 1550 g/mol. The van der Waals surface area contributed by atoms with E-state index in [4.69, 9.17) is 0 Å². The van der Waals surface area contributed by atoms with Crippen molar-refractivity contribution in [1.29, 1.82) is 0 Å². The summed E-state index contributed by atoms with van der Waals surface area (Å²) in [6, 6.07) is 113. The number of fused-ring (bicyclic) bond motifs is 10. The third-order valence-electron chi connectivity index (χ3n) is 26.8. The Labute approximate surface area is 703 Å². The minimum absolute atomic E-state index is 0.00254. The van der Waals surface area contributed by atoms with Gasteiger partial charge in [0.15, 0.2) is 0 Å². The van der Waals surface area contributed by atoms with E-state index in [1.165, 1.54) is 75.8 Å². The van der Waals surface area contributed by atoms with Crippen LogP contribution in [0.5, 0.6) is 0 Å². The highest BCUT2D eigenvalue weighted by molar-refractivity contribution is 7.33. The normalized spacial score (nSPS) is 13.8. The summed E-state index contributed by atoms with van der Waals surface area (Å²) >= 11 is 1.83. The second-order valence-electron chi connectivity index (χ2n) is 38.0. The highest BCUT2D eigenvalue weighted by Gasteiger charge is 2.49. The topological polar surface area (TPSA) is 11.4 Å². The van der Waals surface area contributed by atoms with E-state index in [1.54, 1.807) is 0 Å². The van der Waals surface area contributed by atoms with Gasteiger partial charge in [0.1, 0.15) is 0 Å². The molecule has 0 N–H and O–H groups in total. The van der Waals surface area contributed by atoms with Crippen LogP contribution in [0.3, 0.4) is 0 Å². The summed E-state index contributed by atoms with van der Waals surface area (Å²) in [6.45, 7) is 27.4. The molecular weight excluding hydrogens is 1450 g/mol. The van der Waals surface area contributed by atoms with E-state index in [0.717, 1.165) is 159 Å². The molecule has 0 unspecified atom stereocenters. The highest BCUT2D eigenvalue weighted by Crippen LogP contribution is 2.59. The molecule has 0 radical (unpaired) electrons. The summed E-state index contributed by atoms with van der Waals surface area (Å²) in [5.74, 6) is 0. The molecule has 2 aromatic heterocycles.